The Kier molecular flexibility index (Phi) is 6.85. The van der Waals surface area contributed by atoms with E-state index in [2.05, 4.69) is 57.6 Å². The summed E-state index contributed by atoms with van der Waals surface area (Å²) in [6, 6.07) is 8.21. The summed E-state index contributed by atoms with van der Waals surface area (Å²) in [7, 11) is 2.02. The molecule has 8 nitrogen and oxygen atoms in total. The van der Waals surface area contributed by atoms with Gasteiger partial charge in [0.05, 0.1) is 11.1 Å². The molecule has 3 heterocycles. The Balaban J connectivity index is 1.35. The Bertz CT molecular complexity index is 1690. The molecule has 1 aliphatic heterocycles. The highest BCUT2D eigenvalue weighted by atomic mass is 16.2. The topological polar surface area (TPSA) is 106 Å². The minimum Gasteiger partial charge on any atom is -0.383 e. The van der Waals surface area contributed by atoms with Crippen LogP contribution < -0.4 is 16.0 Å². The molecule has 0 radical (unpaired) electrons. The molecule has 3 aromatic rings. The van der Waals surface area contributed by atoms with Crippen LogP contribution in [-0.4, -0.2) is 32.9 Å². The number of nitrogens with one attached hydrogen (secondary N) is 1. The third-order valence-electron chi connectivity index (χ3n) is 8.69. The molecule has 1 unspecified atom stereocenters. The quantitative estimate of drug-likeness (QED) is 0.420. The highest BCUT2D eigenvalue weighted by molar-refractivity contribution is 6.04. The second kappa shape index (κ2) is 10.5. The van der Waals surface area contributed by atoms with Crippen LogP contribution in [0, 0.1) is 11.8 Å². The van der Waals surface area contributed by atoms with Crippen molar-refractivity contribution in [2.75, 3.05) is 17.2 Å². The first-order valence-corrected chi connectivity index (χ1v) is 14.3. The van der Waals surface area contributed by atoms with Crippen LogP contribution in [0.15, 0.2) is 66.7 Å². The largest absolute Gasteiger partial charge is 0.383 e. The van der Waals surface area contributed by atoms with Crippen LogP contribution in [0.25, 0.3) is 22.2 Å². The Morgan fingerprint density at radius 3 is 2.68 bits per heavy atom. The van der Waals surface area contributed by atoms with Gasteiger partial charge in [0.25, 0.3) is 0 Å². The molecule has 0 saturated heterocycles. The minimum absolute atomic E-state index is 0.0489. The number of amides is 2. The summed E-state index contributed by atoms with van der Waals surface area (Å²) in [5, 5.41) is 3.83. The molecule has 0 bridgehead atoms. The molecule has 8 heteroatoms. The summed E-state index contributed by atoms with van der Waals surface area (Å²) in [5.41, 5.74) is 15.4. The standard InChI is InChI=1S/C33H36N6O2/c1-19(2)32(40)37-24-13-14-25(20(3)17-24)29-27(28-30(34)35-18-36-31(28)38(29)4)22-9-11-23(12-10-22)33(41)39-16-15-21-7-5-6-8-26(21)39/h5-9,13-14,18,20,23H,1,10-12,15-17H2,2-4H3,(H,37,40)(H2,34,35,36)/t20?,23-/m0/s1. The summed E-state index contributed by atoms with van der Waals surface area (Å²) in [6.07, 6.45) is 11.6. The van der Waals surface area contributed by atoms with Crippen LogP contribution in [0.4, 0.5) is 11.5 Å². The summed E-state index contributed by atoms with van der Waals surface area (Å²) in [6.45, 7) is 8.37. The van der Waals surface area contributed by atoms with Gasteiger partial charge in [0.15, 0.2) is 0 Å². The van der Waals surface area contributed by atoms with E-state index in [1.165, 1.54) is 17.5 Å². The molecule has 0 spiro atoms. The maximum Gasteiger partial charge on any atom is 0.250 e. The number of rotatable bonds is 5. The van der Waals surface area contributed by atoms with Crippen molar-refractivity contribution in [3.8, 4) is 0 Å². The number of carbonyl (C=O) groups is 2. The van der Waals surface area contributed by atoms with Gasteiger partial charge in [-0.2, -0.15) is 0 Å². The summed E-state index contributed by atoms with van der Waals surface area (Å²) in [5.74, 6) is 0.595. The summed E-state index contributed by atoms with van der Waals surface area (Å²) >= 11 is 0. The highest BCUT2D eigenvalue weighted by Gasteiger charge is 2.33. The molecular weight excluding hydrogens is 512 g/mol. The van der Waals surface area contributed by atoms with Crippen LogP contribution >= 0.6 is 0 Å². The van der Waals surface area contributed by atoms with Crippen molar-refractivity contribution in [1.29, 1.82) is 0 Å². The van der Waals surface area contributed by atoms with Crippen LogP contribution in [0.2, 0.25) is 0 Å². The average molecular weight is 549 g/mol. The Morgan fingerprint density at radius 2 is 1.95 bits per heavy atom. The molecule has 2 aromatic heterocycles. The lowest BCUT2D eigenvalue weighted by Crippen LogP contribution is -2.35. The van der Waals surface area contributed by atoms with E-state index < -0.39 is 0 Å². The van der Waals surface area contributed by atoms with Gasteiger partial charge in [0, 0.05) is 42.0 Å². The van der Waals surface area contributed by atoms with Crippen molar-refractivity contribution in [3.63, 3.8) is 0 Å². The van der Waals surface area contributed by atoms with Gasteiger partial charge >= 0.3 is 0 Å². The fourth-order valence-corrected chi connectivity index (χ4v) is 6.52. The number of nitrogens with two attached hydrogens (primary N) is 1. The Labute approximate surface area is 240 Å². The number of nitrogens with zero attached hydrogens (tertiary/aromatic N) is 4. The molecule has 0 saturated carbocycles. The molecule has 210 valence electrons. The number of hydrogen-bond donors (Lipinski definition) is 2. The summed E-state index contributed by atoms with van der Waals surface area (Å²) < 4.78 is 2.11. The first-order valence-electron chi connectivity index (χ1n) is 14.3. The van der Waals surface area contributed by atoms with Gasteiger partial charge in [0.2, 0.25) is 11.8 Å². The van der Waals surface area contributed by atoms with Crippen molar-refractivity contribution in [2.24, 2.45) is 18.9 Å². The van der Waals surface area contributed by atoms with Gasteiger partial charge in [0.1, 0.15) is 17.8 Å². The SMILES string of the molecule is C=C(C)C(=O)NC1=CC=C(c2c(C3=CC[C@H](C(=O)N4CCc5ccccc54)CC3)c3c(N)ncnc3n2C)C(C)C1. The van der Waals surface area contributed by atoms with Gasteiger partial charge in [-0.1, -0.05) is 43.9 Å². The highest BCUT2D eigenvalue weighted by Crippen LogP contribution is 2.44. The number of allylic oxidation sites excluding steroid dienone is 6. The smallest absolute Gasteiger partial charge is 0.250 e. The lowest BCUT2D eigenvalue weighted by atomic mass is 9.81. The third kappa shape index (κ3) is 4.67. The number of fused-ring (bicyclic) bond motifs is 2. The van der Waals surface area contributed by atoms with Gasteiger partial charge in [-0.25, -0.2) is 9.97 Å². The molecule has 6 rings (SSSR count). The van der Waals surface area contributed by atoms with Crippen LogP contribution in [0.1, 0.15) is 56.4 Å². The first-order chi connectivity index (χ1) is 19.7. The summed E-state index contributed by atoms with van der Waals surface area (Å²) in [4.78, 5) is 36.7. The van der Waals surface area contributed by atoms with Crippen LogP contribution in [0.3, 0.4) is 0 Å². The maximum absolute atomic E-state index is 13.6. The van der Waals surface area contributed by atoms with Gasteiger partial charge < -0.3 is 20.5 Å². The monoisotopic (exact) mass is 548 g/mol. The number of aromatic nitrogens is 3. The van der Waals surface area contributed by atoms with Crippen molar-refractivity contribution < 1.29 is 9.59 Å². The van der Waals surface area contributed by atoms with E-state index in [-0.39, 0.29) is 23.7 Å². The van der Waals surface area contributed by atoms with Gasteiger partial charge in [-0.15, -0.1) is 0 Å². The third-order valence-corrected chi connectivity index (χ3v) is 8.69. The number of carbonyl (C=O) groups excluding carboxylic acids is 2. The molecule has 0 fully saturated rings. The number of aryl methyl sites for hydroxylation is 1. The average Bonchev–Trinajstić information content (AvgIpc) is 3.53. The molecular formula is C33H36N6O2. The van der Waals surface area contributed by atoms with E-state index in [1.807, 2.05) is 30.2 Å². The fourth-order valence-electron chi connectivity index (χ4n) is 6.52. The fraction of sp³-hybridized carbons (Fsp3) is 0.333. The zero-order chi connectivity index (χ0) is 28.8. The normalized spacial score (nSPS) is 20.3. The number of para-hydroxylation sites is 1. The zero-order valence-corrected chi connectivity index (χ0v) is 23.9. The van der Waals surface area contributed by atoms with E-state index >= 15 is 0 Å². The molecule has 41 heavy (non-hydrogen) atoms. The lowest BCUT2D eigenvalue weighted by molar-refractivity contribution is -0.122. The van der Waals surface area contributed by atoms with Crippen molar-refractivity contribution in [2.45, 2.75) is 46.0 Å². The van der Waals surface area contributed by atoms with Crippen LogP contribution in [-0.2, 0) is 23.1 Å². The molecule has 2 amide bonds. The van der Waals surface area contributed by atoms with Crippen molar-refractivity contribution >= 4 is 45.5 Å². The second-order valence-electron chi connectivity index (χ2n) is 11.5. The van der Waals surface area contributed by atoms with E-state index in [4.69, 9.17) is 5.73 Å². The molecule has 3 N–H and O–H groups in total. The Morgan fingerprint density at radius 1 is 1.15 bits per heavy atom. The van der Waals surface area contributed by atoms with Gasteiger partial charge in [-0.3, -0.25) is 9.59 Å². The molecule has 3 aliphatic rings. The van der Waals surface area contributed by atoms with E-state index in [0.29, 0.717) is 24.2 Å². The number of benzene rings is 1. The van der Waals surface area contributed by atoms with E-state index in [1.54, 1.807) is 6.92 Å². The maximum atomic E-state index is 13.6. The number of hydrogen-bond acceptors (Lipinski definition) is 5. The number of nitrogen functional groups attached to an aromatic ring is 1. The predicted molar refractivity (Wildman–Crippen MR) is 164 cm³/mol. The predicted octanol–water partition coefficient (Wildman–Crippen LogP) is 5.32. The zero-order valence-electron chi connectivity index (χ0n) is 23.9. The van der Waals surface area contributed by atoms with E-state index in [9.17, 15) is 9.59 Å². The lowest BCUT2D eigenvalue weighted by Gasteiger charge is -2.28. The number of anilines is 2. The van der Waals surface area contributed by atoms with Crippen molar-refractivity contribution in [3.05, 3.63) is 83.5 Å². The van der Waals surface area contributed by atoms with E-state index in [0.717, 1.165) is 65.1 Å². The molecule has 2 aliphatic carbocycles. The van der Waals surface area contributed by atoms with Gasteiger partial charge in [-0.05, 0) is 73.8 Å². The van der Waals surface area contributed by atoms with Crippen molar-refractivity contribution in [1.82, 2.24) is 19.9 Å². The first kappa shape index (κ1) is 26.7. The molecule has 1 aromatic carbocycles. The second-order valence-corrected chi connectivity index (χ2v) is 11.5. The minimum atomic E-state index is -0.164. The Hall–Kier alpha value is -4.46. The molecule has 2 atom stereocenters. The van der Waals surface area contributed by atoms with Crippen LogP contribution in [0.5, 0.6) is 0 Å².